The van der Waals surface area contributed by atoms with Crippen molar-refractivity contribution in [2.24, 2.45) is 0 Å². The summed E-state index contributed by atoms with van der Waals surface area (Å²) < 4.78 is 44.2. The van der Waals surface area contributed by atoms with Crippen LogP contribution in [-0.4, -0.2) is 26.4 Å². The van der Waals surface area contributed by atoms with Crippen molar-refractivity contribution < 1.29 is 17.9 Å². The number of aryl methyl sites for hydroxylation is 1. The second kappa shape index (κ2) is 4.99. The highest BCUT2D eigenvalue weighted by Gasteiger charge is 2.33. The fraction of sp³-hybridized carbons (Fsp3) is 0.364. The Kier molecular flexibility index (Phi) is 3.51. The number of halogens is 3. The highest BCUT2D eigenvalue weighted by atomic mass is 19.4. The lowest BCUT2D eigenvalue weighted by Gasteiger charge is -2.09. The van der Waals surface area contributed by atoms with Crippen LogP contribution < -0.4 is 10.3 Å². The summed E-state index contributed by atoms with van der Waals surface area (Å²) in [4.78, 5) is 16.9. The van der Waals surface area contributed by atoms with Crippen LogP contribution in [-0.2, 0) is 6.18 Å². The van der Waals surface area contributed by atoms with E-state index < -0.39 is 17.4 Å². The Morgan fingerprint density at radius 1 is 1.40 bits per heavy atom. The van der Waals surface area contributed by atoms with Crippen molar-refractivity contribution in [2.45, 2.75) is 20.0 Å². The van der Waals surface area contributed by atoms with E-state index in [2.05, 4.69) is 15.1 Å². The van der Waals surface area contributed by atoms with E-state index >= 15 is 0 Å². The Bertz CT molecular complexity index is 675. The summed E-state index contributed by atoms with van der Waals surface area (Å²) in [5, 5.41) is 3.96. The summed E-state index contributed by atoms with van der Waals surface area (Å²) in [6.45, 7) is 3.66. The van der Waals surface area contributed by atoms with E-state index in [1.54, 1.807) is 13.8 Å². The van der Waals surface area contributed by atoms with Gasteiger partial charge in [-0.15, -0.1) is 0 Å². The van der Waals surface area contributed by atoms with Gasteiger partial charge in [0.1, 0.15) is 0 Å². The molecular formula is C11H11F3N4O2. The predicted molar refractivity (Wildman–Crippen MR) is 62.9 cm³/mol. The molecule has 0 fully saturated rings. The maximum absolute atomic E-state index is 12.6. The van der Waals surface area contributed by atoms with Crippen LogP contribution in [0, 0.1) is 6.92 Å². The molecule has 0 saturated heterocycles. The van der Waals surface area contributed by atoms with Crippen molar-refractivity contribution in [1.82, 2.24) is 19.7 Å². The molecule has 0 aliphatic carbocycles. The van der Waals surface area contributed by atoms with E-state index in [1.165, 1.54) is 6.07 Å². The largest absolute Gasteiger partial charge is 0.478 e. The van der Waals surface area contributed by atoms with E-state index in [-0.39, 0.29) is 11.8 Å². The van der Waals surface area contributed by atoms with Crippen molar-refractivity contribution in [2.75, 3.05) is 6.61 Å². The fourth-order valence-electron chi connectivity index (χ4n) is 1.57. The zero-order valence-corrected chi connectivity index (χ0v) is 10.7. The van der Waals surface area contributed by atoms with Gasteiger partial charge in [0.2, 0.25) is 11.8 Å². The molecule has 0 atom stereocenters. The number of aromatic amines is 1. The van der Waals surface area contributed by atoms with Gasteiger partial charge in [-0.05, 0) is 13.8 Å². The summed E-state index contributed by atoms with van der Waals surface area (Å²) >= 11 is 0. The summed E-state index contributed by atoms with van der Waals surface area (Å²) in [6.07, 6.45) is -4.71. The van der Waals surface area contributed by atoms with Crippen molar-refractivity contribution in [1.29, 1.82) is 0 Å². The molecule has 0 aromatic carbocycles. The number of hydrogen-bond acceptors (Lipinski definition) is 4. The Labute approximate surface area is 111 Å². The van der Waals surface area contributed by atoms with Crippen LogP contribution in [0.2, 0.25) is 0 Å². The van der Waals surface area contributed by atoms with Crippen LogP contribution in [0.25, 0.3) is 5.95 Å². The van der Waals surface area contributed by atoms with E-state index in [4.69, 9.17) is 4.74 Å². The quantitative estimate of drug-likeness (QED) is 0.932. The highest BCUT2D eigenvalue weighted by molar-refractivity contribution is 5.25. The van der Waals surface area contributed by atoms with Crippen LogP contribution in [0.1, 0.15) is 18.3 Å². The number of nitrogens with zero attached hydrogens (tertiary/aromatic N) is 3. The first-order valence-electron chi connectivity index (χ1n) is 5.69. The number of hydrogen-bond donors (Lipinski definition) is 1. The van der Waals surface area contributed by atoms with Gasteiger partial charge in [0, 0.05) is 12.1 Å². The average Bonchev–Trinajstić information content (AvgIpc) is 2.69. The van der Waals surface area contributed by atoms with Gasteiger partial charge in [-0.3, -0.25) is 9.78 Å². The minimum atomic E-state index is -4.71. The van der Waals surface area contributed by atoms with Gasteiger partial charge in [-0.25, -0.2) is 4.98 Å². The van der Waals surface area contributed by atoms with Gasteiger partial charge in [-0.1, -0.05) is 0 Å². The third-order valence-electron chi connectivity index (χ3n) is 2.31. The molecule has 0 saturated carbocycles. The number of aromatic nitrogens is 4. The molecule has 1 N–H and O–H groups in total. The standard InChI is InChI=1S/C11H11F3N4O2/c1-3-20-9-4-6(2)17-18(9)10-15-7(11(12,13)14)5-8(19)16-10/h4-5H,3H2,1-2H3,(H,15,16,19). The molecule has 9 heteroatoms. The molecule has 20 heavy (non-hydrogen) atoms. The van der Waals surface area contributed by atoms with E-state index in [0.29, 0.717) is 18.4 Å². The lowest BCUT2D eigenvalue weighted by atomic mass is 10.4. The molecule has 0 radical (unpaired) electrons. The summed E-state index contributed by atoms with van der Waals surface area (Å²) in [5.74, 6) is -0.145. The molecule has 108 valence electrons. The molecule has 2 aromatic rings. The van der Waals surface area contributed by atoms with Crippen LogP contribution in [0.15, 0.2) is 16.9 Å². The van der Waals surface area contributed by atoms with Crippen LogP contribution in [0.4, 0.5) is 13.2 Å². The second-order valence-corrected chi connectivity index (χ2v) is 3.92. The number of alkyl halides is 3. The summed E-state index contributed by atoms with van der Waals surface area (Å²) in [7, 11) is 0. The van der Waals surface area contributed by atoms with E-state index in [9.17, 15) is 18.0 Å². The van der Waals surface area contributed by atoms with E-state index in [0.717, 1.165) is 4.68 Å². The van der Waals surface area contributed by atoms with Gasteiger partial charge in [-0.2, -0.15) is 23.0 Å². The summed E-state index contributed by atoms with van der Waals surface area (Å²) in [6, 6.07) is 1.92. The lowest BCUT2D eigenvalue weighted by molar-refractivity contribution is -0.141. The van der Waals surface area contributed by atoms with Crippen LogP contribution in [0.3, 0.4) is 0 Å². The molecule has 6 nitrogen and oxygen atoms in total. The molecule has 0 unspecified atom stereocenters. The second-order valence-electron chi connectivity index (χ2n) is 3.92. The van der Waals surface area contributed by atoms with Crippen molar-refractivity contribution >= 4 is 0 Å². The number of rotatable bonds is 3. The topological polar surface area (TPSA) is 72.8 Å². The van der Waals surface area contributed by atoms with Crippen molar-refractivity contribution in [3.05, 3.63) is 33.9 Å². The Morgan fingerprint density at radius 3 is 2.70 bits per heavy atom. The first-order valence-corrected chi connectivity index (χ1v) is 5.69. The Hall–Kier alpha value is -2.32. The first kappa shape index (κ1) is 14.1. The van der Waals surface area contributed by atoms with Gasteiger partial charge < -0.3 is 4.74 Å². The first-order chi connectivity index (χ1) is 9.31. The predicted octanol–water partition coefficient (Wildman–Crippen LogP) is 1.68. The smallest absolute Gasteiger partial charge is 0.433 e. The highest BCUT2D eigenvalue weighted by Crippen LogP contribution is 2.27. The number of ether oxygens (including phenoxy) is 1. The molecule has 0 aliphatic rings. The van der Waals surface area contributed by atoms with Gasteiger partial charge >= 0.3 is 6.18 Å². The van der Waals surface area contributed by atoms with Crippen molar-refractivity contribution in [3.8, 4) is 11.8 Å². The number of nitrogens with one attached hydrogen (secondary N) is 1. The minimum Gasteiger partial charge on any atom is -0.478 e. The monoisotopic (exact) mass is 288 g/mol. The lowest BCUT2D eigenvalue weighted by Crippen LogP contribution is -2.20. The van der Waals surface area contributed by atoms with Crippen LogP contribution in [0.5, 0.6) is 5.88 Å². The molecule has 0 bridgehead atoms. The maximum atomic E-state index is 12.6. The zero-order valence-electron chi connectivity index (χ0n) is 10.7. The molecule has 2 rings (SSSR count). The Morgan fingerprint density at radius 2 is 2.10 bits per heavy atom. The molecule has 2 heterocycles. The van der Waals surface area contributed by atoms with Crippen LogP contribution >= 0.6 is 0 Å². The third kappa shape index (κ3) is 2.81. The van der Waals surface area contributed by atoms with Crippen molar-refractivity contribution in [3.63, 3.8) is 0 Å². The van der Waals surface area contributed by atoms with Gasteiger partial charge in [0.15, 0.2) is 5.69 Å². The maximum Gasteiger partial charge on any atom is 0.433 e. The molecular weight excluding hydrogens is 277 g/mol. The molecule has 0 amide bonds. The molecule has 0 aliphatic heterocycles. The minimum absolute atomic E-state index is 0.201. The number of H-pyrrole nitrogens is 1. The molecule has 0 spiro atoms. The fourth-order valence-corrected chi connectivity index (χ4v) is 1.57. The zero-order chi connectivity index (χ0) is 14.9. The average molecular weight is 288 g/mol. The van der Waals surface area contributed by atoms with Gasteiger partial charge in [0.25, 0.3) is 5.56 Å². The normalized spacial score (nSPS) is 11.7. The van der Waals surface area contributed by atoms with Gasteiger partial charge in [0.05, 0.1) is 12.3 Å². The molecule has 2 aromatic heterocycles. The Balaban J connectivity index is 2.58. The van der Waals surface area contributed by atoms with E-state index in [1.807, 2.05) is 0 Å². The summed E-state index contributed by atoms with van der Waals surface area (Å²) in [5.41, 5.74) is -1.68. The SMILES string of the molecule is CCOc1cc(C)nn1-c1nc(C(F)(F)F)cc(=O)[nH]1. The third-order valence-corrected chi connectivity index (χ3v) is 2.31.